The standard InChI is InChI=1S/C20H22FNO2/c1-14(15-6-9-18(21)10-7-15)22-20(23)13-24-19-11-8-16-4-2-3-5-17(16)12-19/h6-12,14H,2-5,13H2,1H3,(H,22,23)/t14-/m1/s1. The second kappa shape index (κ2) is 7.47. The van der Waals surface area contributed by atoms with E-state index in [9.17, 15) is 9.18 Å². The third-order valence-electron chi connectivity index (χ3n) is 4.44. The molecule has 0 saturated heterocycles. The van der Waals surface area contributed by atoms with E-state index in [0.717, 1.165) is 24.2 Å². The summed E-state index contributed by atoms with van der Waals surface area (Å²) in [5.41, 5.74) is 3.58. The van der Waals surface area contributed by atoms with Crippen LogP contribution in [0.25, 0.3) is 0 Å². The van der Waals surface area contributed by atoms with E-state index >= 15 is 0 Å². The maximum Gasteiger partial charge on any atom is 0.258 e. The van der Waals surface area contributed by atoms with Gasteiger partial charge in [-0.1, -0.05) is 18.2 Å². The number of amides is 1. The quantitative estimate of drug-likeness (QED) is 0.903. The lowest BCUT2D eigenvalue weighted by atomic mass is 9.92. The highest BCUT2D eigenvalue weighted by molar-refractivity contribution is 5.78. The summed E-state index contributed by atoms with van der Waals surface area (Å²) in [7, 11) is 0. The van der Waals surface area contributed by atoms with Crippen molar-refractivity contribution in [2.75, 3.05) is 6.61 Å². The van der Waals surface area contributed by atoms with E-state index < -0.39 is 0 Å². The van der Waals surface area contributed by atoms with Crippen molar-refractivity contribution in [3.63, 3.8) is 0 Å². The lowest BCUT2D eigenvalue weighted by molar-refractivity contribution is -0.123. The summed E-state index contributed by atoms with van der Waals surface area (Å²) in [5.74, 6) is 0.262. The van der Waals surface area contributed by atoms with Crippen LogP contribution >= 0.6 is 0 Å². The monoisotopic (exact) mass is 327 g/mol. The molecule has 0 fully saturated rings. The van der Waals surface area contributed by atoms with Gasteiger partial charge in [0, 0.05) is 0 Å². The molecular formula is C20H22FNO2. The molecule has 1 aliphatic carbocycles. The summed E-state index contributed by atoms with van der Waals surface area (Å²) >= 11 is 0. The second-order valence-electron chi connectivity index (χ2n) is 6.27. The van der Waals surface area contributed by atoms with Gasteiger partial charge in [-0.2, -0.15) is 0 Å². The van der Waals surface area contributed by atoms with Crippen LogP contribution in [0.15, 0.2) is 42.5 Å². The first-order chi connectivity index (χ1) is 11.6. The Morgan fingerprint density at radius 3 is 2.58 bits per heavy atom. The molecule has 1 atom stereocenters. The van der Waals surface area contributed by atoms with Crippen molar-refractivity contribution in [1.29, 1.82) is 0 Å². The topological polar surface area (TPSA) is 38.3 Å². The molecule has 0 saturated carbocycles. The molecule has 0 unspecified atom stereocenters. The van der Waals surface area contributed by atoms with Crippen LogP contribution in [0.5, 0.6) is 5.75 Å². The minimum Gasteiger partial charge on any atom is -0.484 e. The molecule has 0 spiro atoms. The highest BCUT2D eigenvalue weighted by atomic mass is 19.1. The van der Waals surface area contributed by atoms with Gasteiger partial charge in [0.25, 0.3) is 5.91 Å². The van der Waals surface area contributed by atoms with Crippen LogP contribution in [-0.2, 0) is 17.6 Å². The number of halogens is 1. The first kappa shape index (κ1) is 16.5. The highest BCUT2D eigenvalue weighted by Gasteiger charge is 2.12. The number of aryl methyl sites for hydroxylation is 2. The molecule has 2 aromatic carbocycles. The predicted octanol–water partition coefficient (Wildman–Crippen LogP) is 3.96. The zero-order valence-corrected chi connectivity index (χ0v) is 13.8. The first-order valence-corrected chi connectivity index (χ1v) is 8.41. The molecule has 0 radical (unpaired) electrons. The molecule has 0 heterocycles. The number of hydrogen-bond acceptors (Lipinski definition) is 2. The van der Waals surface area contributed by atoms with Gasteiger partial charge in [-0.05, 0) is 73.6 Å². The van der Waals surface area contributed by atoms with Crippen molar-refractivity contribution in [2.24, 2.45) is 0 Å². The van der Waals surface area contributed by atoms with E-state index in [4.69, 9.17) is 4.74 Å². The number of benzene rings is 2. The maximum atomic E-state index is 12.9. The predicted molar refractivity (Wildman–Crippen MR) is 91.5 cm³/mol. The van der Waals surface area contributed by atoms with Gasteiger partial charge in [0.2, 0.25) is 0 Å². The van der Waals surface area contributed by atoms with Gasteiger partial charge in [-0.15, -0.1) is 0 Å². The molecular weight excluding hydrogens is 305 g/mol. The molecule has 4 heteroatoms. The lowest BCUT2D eigenvalue weighted by Crippen LogP contribution is -2.31. The Balaban J connectivity index is 1.52. The van der Waals surface area contributed by atoms with Crippen LogP contribution < -0.4 is 10.1 Å². The molecule has 24 heavy (non-hydrogen) atoms. The smallest absolute Gasteiger partial charge is 0.258 e. The Bertz CT molecular complexity index is 712. The third kappa shape index (κ3) is 4.13. The summed E-state index contributed by atoms with van der Waals surface area (Å²) in [5, 5.41) is 2.86. The van der Waals surface area contributed by atoms with Crippen molar-refractivity contribution in [2.45, 2.75) is 38.6 Å². The normalized spacial score (nSPS) is 14.6. The molecule has 1 N–H and O–H groups in total. The van der Waals surface area contributed by atoms with Gasteiger partial charge in [0.15, 0.2) is 6.61 Å². The molecule has 126 valence electrons. The molecule has 2 aromatic rings. The average molecular weight is 327 g/mol. The van der Waals surface area contributed by atoms with Crippen LogP contribution in [0, 0.1) is 5.82 Å². The average Bonchev–Trinajstić information content (AvgIpc) is 2.60. The van der Waals surface area contributed by atoms with Crippen LogP contribution in [0.4, 0.5) is 4.39 Å². The van der Waals surface area contributed by atoms with E-state index in [1.54, 1.807) is 12.1 Å². The molecule has 0 aromatic heterocycles. The fraction of sp³-hybridized carbons (Fsp3) is 0.350. The lowest BCUT2D eigenvalue weighted by Gasteiger charge is -2.17. The number of rotatable bonds is 5. The van der Waals surface area contributed by atoms with E-state index in [1.807, 2.05) is 19.1 Å². The Morgan fingerprint density at radius 2 is 1.83 bits per heavy atom. The van der Waals surface area contributed by atoms with Gasteiger partial charge in [-0.25, -0.2) is 4.39 Å². The number of fused-ring (bicyclic) bond motifs is 1. The van der Waals surface area contributed by atoms with E-state index in [0.29, 0.717) is 0 Å². The summed E-state index contributed by atoms with van der Waals surface area (Å²) in [6.07, 6.45) is 4.68. The van der Waals surface area contributed by atoms with E-state index in [1.165, 1.54) is 36.1 Å². The van der Waals surface area contributed by atoms with E-state index in [2.05, 4.69) is 11.4 Å². The summed E-state index contributed by atoms with van der Waals surface area (Å²) in [6.45, 7) is 1.84. The van der Waals surface area contributed by atoms with Crippen molar-refractivity contribution in [1.82, 2.24) is 5.32 Å². The SMILES string of the molecule is C[C@@H](NC(=O)COc1ccc2c(c1)CCCC2)c1ccc(F)cc1. The zero-order valence-electron chi connectivity index (χ0n) is 13.8. The van der Waals surface area contributed by atoms with E-state index in [-0.39, 0.29) is 24.4 Å². The summed E-state index contributed by atoms with van der Waals surface area (Å²) in [6, 6.07) is 12.0. The number of carbonyl (C=O) groups is 1. The number of hydrogen-bond donors (Lipinski definition) is 1. The minimum absolute atomic E-state index is 0.0235. The fourth-order valence-corrected chi connectivity index (χ4v) is 3.07. The Labute approximate surface area is 141 Å². The molecule has 3 rings (SSSR count). The second-order valence-corrected chi connectivity index (χ2v) is 6.27. The summed E-state index contributed by atoms with van der Waals surface area (Å²) < 4.78 is 18.6. The van der Waals surface area contributed by atoms with Crippen molar-refractivity contribution >= 4 is 5.91 Å². The number of ether oxygens (including phenoxy) is 1. The van der Waals surface area contributed by atoms with Gasteiger partial charge in [-0.3, -0.25) is 4.79 Å². The largest absolute Gasteiger partial charge is 0.484 e. The number of carbonyl (C=O) groups excluding carboxylic acids is 1. The van der Waals surface area contributed by atoms with Gasteiger partial charge in [0.1, 0.15) is 11.6 Å². The van der Waals surface area contributed by atoms with Gasteiger partial charge >= 0.3 is 0 Å². The Hall–Kier alpha value is -2.36. The molecule has 1 aliphatic rings. The van der Waals surface area contributed by atoms with Gasteiger partial charge in [0.05, 0.1) is 6.04 Å². The van der Waals surface area contributed by atoms with Crippen LogP contribution in [0.3, 0.4) is 0 Å². The molecule has 3 nitrogen and oxygen atoms in total. The minimum atomic E-state index is -0.284. The number of nitrogens with one attached hydrogen (secondary N) is 1. The van der Waals surface area contributed by atoms with Gasteiger partial charge < -0.3 is 10.1 Å². The maximum absolute atomic E-state index is 12.9. The van der Waals surface area contributed by atoms with Crippen molar-refractivity contribution in [3.05, 3.63) is 65.0 Å². The van der Waals surface area contributed by atoms with Crippen LogP contribution in [0.2, 0.25) is 0 Å². The highest BCUT2D eigenvalue weighted by Crippen LogP contribution is 2.25. The summed E-state index contributed by atoms with van der Waals surface area (Å²) in [4.78, 5) is 12.0. The molecule has 0 bridgehead atoms. The first-order valence-electron chi connectivity index (χ1n) is 8.41. The molecule has 0 aliphatic heterocycles. The third-order valence-corrected chi connectivity index (χ3v) is 4.44. The fourth-order valence-electron chi connectivity index (χ4n) is 3.07. The van der Waals surface area contributed by atoms with Crippen LogP contribution in [0.1, 0.15) is 42.5 Å². The molecule has 1 amide bonds. The Morgan fingerprint density at radius 1 is 1.12 bits per heavy atom. The zero-order chi connectivity index (χ0) is 16.9. The Kier molecular flexibility index (Phi) is 5.14. The van der Waals surface area contributed by atoms with Crippen LogP contribution in [-0.4, -0.2) is 12.5 Å². The van der Waals surface area contributed by atoms with Crippen molar-refractivity contribution < 1.29 is 13.9 Å². The van der Waals surface area contributed by atoms with Crippen molar-refractivity contribution in [3.8, 4) is 5.75 Å².